The molecule has 0 aliphatic carbocycles. The Balaban J connectivity index is 0.00000361. The number of carbonyl (C=O) groups excluding carboxylic acids is 1. The van der Waals surface area contributed by atoms with Gasteiger partial charge >= 0.3 is 5.97 Å². The Kier molecular flexibility index (Phi) is 8.07. The molecule has 0 amide bonds. The monoisotopic (exact) mass is 307 g/mol. The van der Waals surface area contributed by atoms with Gasteiger partial charge in [-0.1, -0.05) is 20.8 Å². The molecule has 120 valence electrons. The number of halogens is 1. The summed E-state index contributed by atoms with van der Waals surface area (Å²) in [6.45, 7) is 15.1. The van der Waals surface area contributed by atoms with Crippen molar-refractivity contribution in [2.75, 3.05) is 39.5 Å². The maximum atomic E-state index is 12.1. The van der Waals surface area contributed by atoms with Crippen LogP contribution in [0.3, 0.4) is 0 Å². The third kappa shape index (κ3) is 7.46. The van der Waals surface area contributed by atoms with Gasteiger partial charge < -0.3 is 9.47 Å². The van der Waals surface area contributed by atoms with Crippen LogP contribution in [0.1, 0.15) is 41.0 Å². The Morgan fingerprint density at radius 1 is 1.15 bits per heavy atom. The SMILES string of the molecule is CC(C)(C)CC(C)(C)C(=O)OCCN1CCOCC1.Cl. The van der Waals surface area contributed by atoms with Crippen molar-refractivity contribution in [2.45, 2.75) is 41.0 Å². The predicted molar refractivity (Wildman–Crippen MR) is 83.3 cm³/mol. The van der Waals surface area contributed by atoms with E-state index in [9.17, 15) is 4.79 Å². The topological polar surface area (TPSA) is 38.8 Å². The van der Waals surface area contributed by atoms with Crippen LogP contribution in [0.2, 0.25) is 0 Å². The lowest BCUT2D eigenvalue weighted by Gasteiger charge is -2.31. The zero-order chi connectivity index (χ0) is 14.5. The van der Waals surface area contributed by atoms with Gasteiger partial charge in [0.15, 0.2) is 0 Å². The highest BCUT2D eigenvalue weighted by molar-refractivity contribution is 5.85. The predicted octanol–water partition coefficient (Wildman–Crippen LogP) is 2.75. The van der Waals surface area contributed by atoms with E-state index in [0.717, 1.165) is 39.3 Å². The minimum absolute atomic E-state index is 0. The normalized spacial score (nSPS) is 17.4. The first-order valence-corrected chi connectivity index (χ1v) is 7.18. The third-order valence-corrected chi connectivity index (χ3v) is 3.27. The van der Waals surface area contributed by atoms with Crippen molar-refractivity contribution in [3.8, 4) is 0 Å². The van der Waals surface area contributed by atoms with Crippen LogP contribution in [0.5, 0.6) is 0 Å². The van der Waals surface area contributed by atoms with Crippen LogP contribution in [0.15, 0.2) is 0 Å². The van der Waals surface area contributed by atoms with Gasteiger partial charge in [0.25, 0.3) is 0 Å². The highest BCUT2D eigenvalue weighted by atomic mass is 35.5. The van der Waals surface area contributed by atoms with Gasteiger partial charge in [0.05, 0.1) is 18.6 Å². The molecule has 0 spiro atoms. The van der Waals surface area contributed by atoms with Gasteiger partial charge in [-0.15, -0.1) is 12.4 Å². The summed E-state index contributed by atoms with van der Waals surface area (Å²) in [6, 6.07) is 0. The summed E-state index contributed by atoms with van der Waals surface area (Å²) < 4.78 is 10.7. The van der Waals surface area contributed by atoms with E-state index in [1.807, 2.05) is 13.8 Å². The molecule has 1 saturated heterocycles. The van der Waals surface area contributed by atoms with E-state index in [2.05, 4.69) is 25.7 Å². The van der Waals surface area contributed by atoms with E-state index in [-0.39, 0.29) is 23.8 Å². The Morgan fingerprint density at radius 2 is 1.70 bits per heavy atom. The highest BCUT2D eigenvalue weighted by Gasteiger charge is 2.33. The van der Waals surface area contributed by atoms with E-state index in [1.54, 1.807) is 0 Å². The molecule has 0 saturated carbocycles. The molecule has 0 aromatic rings. The molecule has 0 unspecified atom stereocenters. The molecule has 1 fully saturated rings. The van der Waals surface area contributed by atoms with E-state index in [4.69, 9.17) is 9.47 Å². The molecule has 1 rings (SSSR count). The maximum Gasteiger partial charge on any atom is 0.311 e. The Morgan fingerprint density at radius 3 is 2.20 bits per heavy atom. The van der Waals surface area contributed by atoms with E-state index in [0.29, 0.717) is 6.61 Å². The average Bonchev–Trinajstić information content (AvgIpc) is 2.27. The van der Waals surface area contributed by atoms with Crippen molar-refractivity contribution in [3.05, 3.63) is 0 Å². The molecule has 4 nitrogen and oxygen atoms in total. The van der Waals surface area contributed by atoms with Crippen LogP contribution >= 0.6 is 12.4 Å². The number of carbonyl (C=O) groups is 1. The number of hydrogen-bond donors (Lipinski definition) is 0. The fraction of sp³-hybridized carbons (Fsp3) is 0.933. The average molecular weight is 308 g/mol. The fourth-order valence-corrected chi connectivity index (χ4v) is 2.69. The summed E-state index contributed by atoms with van der Waals surface area (Å²) in [7, 11) is 0. The van der Waals surface area contributed by atoms with Gasteiger partial charge in [0, 0.05) is 19.6 Å². The number of nitrogens with zero attached hydrogens (tertiary/aromatic N) is 1. The first-order chi connectivity index (χ1) is 8.71. The van der Waals surface area contributed by atoms with Gasteiger partial charge in [-0.3, -0.25) is 9.69 Å². The molecule has 0 radical (unpaired) electrons. The minimum Gasteiger partial charge on any atom is -0.464 e. The highest BCUT2D eigenvalue weighted by Crippen LogP contribution is 2.33. The summed E-state index contributed by atoms with van der Waals surface area (Å²) in [5.74, 6) is -0.0873. The second-order valence-corrected chi connectivity index (χ2v) is 7.21. The van der Waals surface area contributed by atoms with Crippen LogP contribution in [-0.2, 0) is 14.3 Å². The Labute approximate surface area is 129 Å². The molecule has 0 aromatic heterocycles. The van der Waals surface area contributed by atoms with E-state index >= 15 is 0 Å². The smallest absolute Gasteiger partial charge is 0.311 e. The summed E-state index contributed by atoms with van der Waals surface area (Å²) in [5, 5.41) is 0. The molecule has 1 heterocycles. The third-order valence-electron chi connectivity index (χ3n) is 3.27. The molecule has 0 atom stereocenters. The quantitative estimate of drug-likeness (QED) is 0.732. The van der Waals surface area contributed by atoms with Crippen molar-refractivity contribution in [1.82, 2.24) is 4.90 Å². The molecule has 0 N–H and O–H groups in total. The molecule has 20 heavy (non-hydrogen) atoms. The summed E-state index contributed by atoms with van der Waals surface area (Å²) in [4.78, 5) is 14.4. The second kappa shape index (κ2) is 8.20. The van der Waals surface area contributed by atoms with Gasteiger partial charge in [-0.2, -0.15) is 0 Å². The number of esters is 1. The van der Waals surface area contributed by atoms with Crippen LogP contribution in [0, 0.1) is 10.8 Å². The summed E-state index contributed by atoms with van der Waals surface area (Å²) >= 11 is 0. The standard InChI is InChI=1S/C15H29NO3.ClH/c1-14(2,3)12-15(4,5)13(17)19-11-8-16-6-9-18-10-7-16;/h6-12H2,1-5H3;1H. The lowest BCUT2D eigenvalue weighted by Crippen LogP contribution is -2.39. The van der Waals surface area contributed by atoms with Gasteiger partial charge in [-0.05, 0) is 25.7 Å². The largest absolute Gasteiger partial charge is 0.464 e. The summed E-state index contributed by atoms with van der Waals surface area (Å²) in [5.41, 5.74) is -0.282. The van der Waals surface area contributed by atoms with Crippen molar-refractivity contribution in [2.24, 2.45) is 10.8 Å². The zero-order valence-electron chi connectivity index (χ0n) is 13.5. The summed E-state index contributed by atoms with van der Waals surface area (Å²) in [6.07, 6.45) is 0.830. The molecular formula is C15H30ClNO3. The van der Waals surface area contributed by atoms with Crippen LogP contribution in [0.4, 0.5) is 0 Å². The van der Waals surface area contributed by atoms with Crippen LogP contribution in [0.25, 0.3) is 0 Å². The molecular weight excluding hydrogens is 278 g/mol. The van der Waals surface area contributed by atoms with Crippen molar-refractivity contribution in [1.29, 1.82) is 0 Å². The number of ether oxygens (including phenoxy) is 2. The van der Waals surface area contributed by atoms with Crippen LogP contribution in [-0.4, -0.2) is 50.3 Å². The molecule has 0 aromatic carbocycles. The number of rotatable bonds is 5. The first kappa shape index (κ1) is 19.7. The van der Waals surface area contributed by atoms with E-state index < -0.39 is 5.41 Å². The second-order valence-electron chi connectivity index (χ2n) is 7.21. The molecule has 0 bridgehead atoms. The number of hydrogen-bond acceptors (Lipinski definition) is 4. The molecule has 1 aliphatic heterocycles. The first-order valence-electron chi connectivity index (χ1n) is 7.18. The Hall–Kier alpha value is -0.320. The van der Waals surface area contributed by atoms with Crippen molar-refractivity contribution in [3.63, 3.8) is 0 Å². The van der Waals surface area contributed by atoms with Gasteiger partial charge in [-0.25, -0.2) is 0 Å². The van der Waals surface area contributed by atoms with E-state index in [1.165, 1.54) is 0 Å². The Bertz CT molecular complexity index is 294. The van der Waals surface area contributed by atoms with Crippen LogP contribution < -0.4 is 0 Å². The molecule has 1 aliphatic rings. The van der Waals surface area contributed by atoms with Gasteiger partial charge in [0.1, 0.15) is 6.61 Å². The molecule has 5 heteroatoms. The maximum absolute atomic E-state index is 12.1. The zero-order valence-corrected chi connectivity index (χ0v) is 14.3. The lowest BCUT2D eigenvalue weighted by atomic mass is 9.76. The minimum atomic E-state index is -0.413. The number of morpholine rings is 1. The lowest BCUT2D eigenvalue weighted by molar-refractivity contribution is -0.156. The van der Waals surface area contributed by atoms with Gasteiger partial charge in [0.2, 0.25) is 0 Å². The fourth-order valence-electron chi connectivity index (χ4n) is 2.69. The van der Waals surface area contributed by atoms with Crippen molar-refractivity contribution >= 4 is 18.4 Å². The van der Waals surface area contributed by atoms with Crippen molar-refractivity contribution < 1.29 is 14.3 Å².